The molecule has 4 nitrogen and oxygen atoms in total. The first-order chi connectivity index (χ1) is 7.72. The van der Waals surface area contributed by atoms with E-state index in [2.05, 4.69) is 9.73 Å². The van der Waals surface area contributed by atoms with Crippen molar-refractivity contribution in [3.05, 3.63) is 35.9 Å². The molecule has 0 saturated carbocycles. The Morgan fingerprint density at radius 1 is 1.60 bits per heavy atom. The number of rotatable bonds is 2. The third kappa shape index (κ3) is 1.98. The van der Waals surface area contributed by atoms with Crippen molar-refractivity contribution < 1.29 is 15.6 Å². The van der Waals surface area contributed by atoms with Crippen LogP contribution in [0.15, 0.2) is 35.3 Å². The van der Waals surface area contributed by atoms with Crippen molar-refractivity contribution in [2.75, 3.05) is 13.6 Å². The van der Waals surface area contributed by atoms with Gasteiger partial charge in [0, 0.05) is 5.56 Å². The molecule has 1 aliphatic rings. The van der Waals surface area contributed by atoms with Gasteiger partial charge in [0.25, 0.3) is 0 Å². The molecule has 0 unspecified atom stereocenters. The van der Waals surface area contributed by atoms with Crippen molar-refractivity contribution in [3.63, 3.8) is 0 Å². The zero-order chi connectivity index (χ0) is 11.5. The molecule has 0 saturated heterocycles. The molecule has 1 aromatic carbocycles. The molecule has 0 aromatic heterocycles. The van der Waals surface area contributed by atoms with E-state index in [1.54, 1.807) is 0 Å². The summed E-state index contributed by atoms with van der Waals surface area (Å²) in [5.41, 5.74) is 0.756. The normalized spacial score (nSPS) is 25.1. The van der Waals surface area contributed by atoms with Crippen molar-refractivity contribution in [3.8, 4) is 0 Å². The maximum Gasteiger partial charge on any atom is 0.349 e. The summed E-state index contributed by atoms with van der Waals surface area (Å²) in [6.45, 7) is -0.956. The van der Waals surface area contributed by atoms with Crippen molar-refractivity contribution in [2.24, 2.45) is 4.99 Å². The van der Waals surface area contributed by atoms with Crippen LogP contribution in [0.4, 0.5) is 0 Å². The molecule has 0 fully saturated rings. The number of aliphatic imine (C=N–C) groups is 1. The van der Waals surface area contributed by atoms with Gasteiger partial charge in [0.2, 0.25) is 12.0 Å². The largest absolute Gasteiger partial charge is 0.466 e. The Bertz CT molecular complexity index is 418. The Balaban J connectivity index is 2.17. The van der Waals surface area contributed by atoms with E-state index in [0.29, 0.717) is 5.90 Å². The first kappa shape index (κ1) is 8.47. The number of ether oxygens (including phenoxy) is 2. The Morgan fingerprint density at radius 3 is 3.00 bits per heavy atom. The van der Waals surface area contributed by atoms with Gasteiger partial charge in [-0.2, -0.15) is 0 Å². The number of nitrogens with zero attached hydrogens (tertiary/aromatic N) is 1. The van der Waals surface area contributed by atoms with E-state index >= 15 is 0 Å². The van der Waals surface area contributed by atoms with Crippen LogP contribution in [0.25, 0.3) is 0 Å². The Kier molecular flexibility index (Phi) is 2.33. The molecule has 1 heterocycles. The van der Waals surface area contributed by atoms with Crippen LogP contribution in [0.2, 0.25) is 0 Å². The van der Waals surface area contributed by atoms with Crippen molar-refractivity contribution >= 4 is 11.9 Å². The lowest BCUT2D eigenvalue weighted by molar-refractivity contribution is -0.148. The molecule has 78 valence electrons. The van der Waals surface area contributed by atoms with E-state index in [4.69, 9.17) is 6.11 Å². The maximum atomic E-state index is 11.3. The van der Waals surface area contributed by atoms with E-state index in [0.717, 1.165) is 5.56 Å². The number of carbonyl (C=O) groups is 1. The van der Waals surface area contributed by atoms with Gasteiger partial charge in [0.1, 0.15) is 0 Å². The minimum atomic E-state index is -0.958. The number of carbonyl (C=O) groups excluding carboxylic acids is 1. The van der Waals surface area contributed by atoms with Gasteiger partial charge in [0.15, 0.2) is 0 Å². The average molecular weight is 206 g/mol. The van der Waals surface area contributed by atoms with E-state index < -0.39 is 18.6 Å². The fourth-order valence-corrected chi connectivity index (χ4v) is 1.26. The van der Waals surface area contributed by atoms with Crippen molar-refractivity contribution in [2.45, 2.75) is 6.10 Å². The average Bonchev–Trinajstić information content (AvgIpc) is 2.71. The van der Waals surface area contributed by atoms with Crippen LogP contribution >= 0.6 is 0 Å². The Labute approximate surface area is 88.9 Å². The summed E-state index contributed by atoms with van der Waals surface area (Å²) in [6.07, 6.45) is -0.958. The van der Waals surface area contributed by atoms with Crippen LogP contribution < -0.4 is 0 Å². The predicted molar refractivity (Wildman–Crippen MR) is 54.7 cm³/mol. The van der Waals surface area contributed by atoms with Gasteiger partial charge in [-0.1, -0.05) is 18.2 Å². The summed E-state index contributed by atoms with van der Waals surface area (Å²) in [6, 6.07) is 9.17. The smallest absolute Gasteiger partial charge is 0.349 e. The first-order valence-corrected chi connectivity index (χ1v) is 4.52. The van der Waals surface area contributed by atoms with Crippen LogP contribution in [0.5, 0.6) is 0 Å². The maximum absolute atomic E-state index is 11.3. The molecule has 0 amide bonds. The molecule has 1 aromatic rings. The molecule has 4 heteroatoms. The summed E-state index contributed by atoms with van der Waals surface area (Å²) in [5, 5.41) is 0. The van der Waals surface area contributed by atoms with Crippen LogP contribution in [-0.2, 0) is 14.3 Å². The second kappa shape index (κ2) is 4.13. The van der Waals surface area contributed by atoms with Crippen LogP contribution in [-0.4, -0.2) is 31.6 Å². The number of methoxy groups -OCH3 is 1. The standard InChI is InChI=1S/C11H11NO3/c1-14-11(13)9-7-12-10(15-9)8-5-3-2-4-6-8/h2-6,9H,7H2,1H3/t9-/m1/s1/i7D/t7-,9-. The zero-order valence-corrected chi connectivity index (χ0v) is 8.21. The second-order valence-electron chi connectivity index (χ2n) is 3.01. The number of hydrogen-bond acceptors (Lipinski definition) is 4. The van der Waals surface area contributed by atoms with Gasteiger partial charge in [0.05, 0.1) is 15.0 Å². The molecular formula is C11H11NO3. The quantitative estimate of drug-likeness (QED) is 0.678. The fraction of sp³-hybridized carbons (Fsp3) is 0.273. The highest BCUT2D eigenvalue weighted by Crippen LogP contribution is 2.12. The summed E-state index contributed by atoms with van der Waals surface area (Å²) in [4.78, 5) is 15.2. The molecule has 0 aliphatic carbocycles. The van der Waals surface area contributed by atoms with E-state index in [-0.39, 0.29) is 0 Å². The minimum absolute atomic E-state index is 0.316. The summed E-state index contributed by atoms with van der Waals surface area (Å²) in [5.74, 6) is -0.259. The van der Waals surface area contributed by atoms with Crippen LogP contribution in [0.1, 0.15) is 6.93 Å². The highest BCUT2D eigenvalue weighted by molar-refractivity contribution is 5.97. The molecule has 15 heavy (non-hydrogen) atoms. The van der Waals surface area contributed by atoms with Gasteiger partial charge in [-0.25, -0.2) is 9.79 Å². The highest BCUT2D eigenvalue weighted by Gasteiger charge is 2.28. The van der Waals surface area contributed by atoms with Crippen molar-refractivity contribution in [1.82, 2.24) is 0 Å². The second-order valence-corrected chi connectivity index (χ2v) is 3.01. The predicted octanol–water partition coefficient (Wildman–Crippen LogP) is 1.01. The third-order valence-electron chi connectivity index (χ3n) is 2.02. The summed E-state index contributed by atoms with van der Waals surface area (Å²) in [7, 11) is 1.26. The van der Waals surface area contributed by atoms with Gasteiger partial charge >= 0.3 is 5.97 Å². The zero-order valence-electron chi connectivity index (χ0n) is 9.21. The Hall–Kier alpha value is -1.84. The molecule has 2 atom stereocenters. The number of hydrogen-bond donors (Lipinski definition) is 0. The number of benzene rings is 1. The SMILES string of the molecule is [2H][C@H]1N=C(c2ccccc2)O[C@H]1C(=O)OC. The van der Waals surface area contributed by atoms with Crippen LogP contribution in [0.3, 0.4) is 0 Å². The third-order valence-corrected chi connectivity index (χ3v) is 2.02. The Morgan fingerprint density at radius 2 is 2.33 bits per heavy atom. The number of esters is 1. The van der Waals surface area contributed by atoms with Crippen LogP contribution in [0, 0.1) is 0 Å². The topological polar surface area (TPSA) is 47.9 Å². The van der Waals surface area contributed by atoms with E-state index in [1.807, 2.05) is 30.3 Å². The molecule has 0 spiro atoms. The van der Waals surface area contributed by atoms with E-state index in [1.165, 1.54) is 7.11 Å². The van der Waals surface area contributed by atoms with Gasteiger partial charge in [-0.3, -0.25) is 0 Å². The van der Waals surface area contributed by atoms with Gasteiger partial charge in [-0.15, -0.1) is 0 Å². The monoisotopic (exact) mass is 206 g/mol. The molecular weight excluding hydrogens is 194 g/mol. The summed E-state index contributed by atoms with van der Waals surface area (Å²) >= 11 is 0. The fourth-order valence-electron chi connectivity index (χ4n) is 1.26. The van der Waals surface area contributed by atoms with E-state index in [9.17, 15) is 4.79 Å². The highest BCUT2D eigenvalue weighted by atomic mass is 16.6. The minimum Gasteiger partial charge on any atom is -0.466 e. The van der Waals surface area contributed by atoms with Gasteiger partial charge in [-0.05, 0) is 12.1 Å². The summed E-state index contributed by atoms with van der Waals surface area (Å²) < 4.78 is 17.4. The molecule has 0 N–H and O–H groups in total. The molecule has 2 rings (SSSR count). The lowest BCUT2D eigenvalue weighted by Gasteiger charge is -2.08. The van der Waals surface area contributed by atoms with Gasteiger partial charge < -0.3 is 9.47 Å². The lowest BCUT2D eigenvalue weighted by atomic mass is 10.2. The molecule has 0 bridgehead atoms. The molecule has 0 radical (unpaired) electrons. The first-order valence-electron chi connectivity index (χ1n) is 5.10. The lowest BCUT2D eigenvalue weighted by Crippen LogP contribution is -2.25. The van der Waals surface area contributed by atoms with Crippen molar-refractivity contribution in [1.29, 1.82) is 0 Å². The molecule has 1 aliphatic heterocycles.